The molecule has 0 fully saturated rings. The van der Waals surface area contributed by atoms with Crippen LogP contribution in [-0.4, -0.2) is 5.91 Å². The summed E-state index contributed by atoms with van der Waals surface area (Å²) in [5.74, 6) is -0.0830. The van der Waals surface area contributed by atoms with E-state index in [1.165, 1.54) is 0 Å². The summed E-state index contributed by atoms with van der Waals surface area (Å²) in [6.07, 6.45) is -0.960. The minimum Gasteiger partial charge on any atom is -0.474 e. The second-order valence-corrected chi connectivity index (χ2v) is 6.54. The van der Waals surface area contributed by atoms with Crippen molar-refractivity contribution in [3.8, 4) is 11.8 Å². The van der Waals surface area contributed by atoms with Crippen LogP contribution in [0.1, 0.15) is 17.2 Å². The summed E-state index contributed by atoms with van der Waals surface area (Å²) in [6, 6.07) is 22.6. The molecule has 6 heteroatoms. The van der Waals surface area contributed by atoms with Crippen molar-refractivity contribution < 1.29 is 9.53 Å². The van der Waals surface area contributed by atoms with Gasteiger partial charge in [0.1, 0.15) is 11.8 Å². The van der Waals surface area contributed by atoms with Gasteiger partial charge in [-0.05, 0) is 30.3 Å². The molecule has 4 nitrogen and oxygen atoms in total. The Morgan fingerprint density at radius 1 is 0.963 bits per heavy atom. The van der Waals surface area contributed by atoms with Crippen LogP contribution < -0.4 is 10.1 Å². The molecule has 0 aromatic heterocycles. The number of carbonyl (C=O) groups excluding carboxylic acids is 1. The number of ether oxygens (including phenoxy) is 1. The highest BCUT2D eigenvalue weighted by molar-refractivity contribution is 6.35. The Bertz CT molecular complexity index is 980. The normalized spacial score (nSPS) is 11.3. The number of nitriles is 1. The summed E-state index contributed by atoms with van der Waals surface area (Å²) in [4.78, 5) is 12.9. The number of halogens is 2. The van der Waals surface area contributed by atoms with Crippen molar-refractivity contribution >= 4 is 34.8 Å². The number of nitrogens with zero attached hydrogens (tertiary/aromatic N) is 1. The molecule has 0 spiro atoms. The lowest BCUT2D eigenvalue weighted by Gasteiger charge is -2.20. The average molecular weight is 397 g/mol. The fraction of sp³-hybridized carbons (Fsp3) is 0.0476. The van der Waals surface area contributed by atoms with Gasteiger partial charge in [-0.2, -0.15) is 5.26 Å². The fourth-order valence-electron chi connectivity index (χ4n) is 2.52. The first-order valence-electron chi connectivity index (χ1n) is 8.04. The third-order valence-corrected chi connectivity index (χ3v) is 4.16. The van der Waals surface area contributed by atoms with Crippen LogP contribution in [-0.2, 0) is 4.79 Å². The van der Waals surface area contributed by atoms with Crippen LogP contribution in [0.4, 0.5) is 5.69 Å². The molecule has 27 heavy (non-hydrogen) atoms. The predicted octanol–water partition coefficient (Wildman–Crippen LogP) is 5.62. The van der Waals surface area contributed by atoms with Crippen molar-refractivity contribution in [1.82, 2.24) is 0 Å². The van der Waals surface area contributed by atoms with Gasteiger partial charge in [0.05, 0.1) is 5.56 Å². The van der Waals surface area contributed by atoms with E-state index in [4.69, 9.17) is 27.9 Å². The maximum atomic E-state index is 12.9. The maximum absolute atomic E-state index is 12.9. The first-order chi connectivity index (χ1) is 13.1. The first kappa shape index (κ1) is 18.8. The lowest BCUT2D eigenvalue weighted by Crippen LogP contribution is -2.26. The summed E-state index contributed by atoms with van der Waals surface area (Å²) in [6.45, 7) is 0. The number of benzene rings is 3. The molecule has 0 saturated carbocycles. The molecule has 3 aromatic rings. The molecule has 0 unspecified atom stereocenters. The Labute approximate surface area is 166 Å². The van der Waals surface area contributed by atoms with Crippen LogP contribution in [0.5, 0.6) is 5.75 Å². The molecule has 0 aliphatic heterocycles. The van der Waals surface area contributed by atoms with Gasteiger partial charge in [-0.25, -0.2) is 0 Å². The summed E-state index contributed by atoms with van der Waals surface area (Å²) in [5.41, 5.74) is 1.45. The Balaban J connectivity index is 1.92. The molecule has 1 amide bonds. The molecule has 0 aliphatic rings. The monoisotopic (exact) mass is 396 g/mol. The second-order valence-electron chi connectivity index (χ2n) is 5.66. The Morgan fingerprint density at radius 2 is 1.59 bits per heavy atom. The van der Waals surface area contributed by atoms with Crippen molar-refractivity contribution in [3.05, 3.63) is 94.0 Å². The van der Waals surface area contributed by atoms with E-state index < -0.39 is 12.0 Å². The topological polar surface area (TPSA) is 62.1 Å². The van der Waals surface area contributed by atoms with Gasteiger partial charge in [-0.3, -0.25) is 4.79 Å². The van der Waals surface area contributed by atoms with Gasteiger partial charge in [-0.15, -0.1) is 0 Å². The van der Waals surface area contributed by atoms with E-state index in [1.807, 2.05) is 18.2 Å². The van der Waals surface area contributed by atoms with E-state index in [0.29, 0.717) is 32.6 Å². The van der Waals surface area contributed by atoms with Gasteiger partial charge in [0.2, 0.25) is 6.10 Å². The number of carbonyl (C=O) groups is 1. The number of para-hydroxylation sites is 1. The zero-order valence-electron chi connectivity index (χ0n) is 14.0. The molecular weight excluding hydrogens is 383 g/mol. The summed E-state index contributed by atoms with van der Waals surface area (Å²) < 4.78 is 5.92. The summed E-state index contributed by atoms with van der Waals surface area (Å²) in [7, 11) is 0. The van der Waals surface area contributed by atoms with E-state index >= 15 is 0 Å². The molecule has 0 bridgehead atoms. The maximum Gasteiger partial charge on any atom is 0.270 e. The molecule has 3 rings (SSSR count). The molecule has 0 heterocycles. The van der Waals surface area contributed by atoms with Crippen LogP contribution in [0.15, 0.2) is 72.8 Å². The molecule has 1 N–H and O–H groups in total. The quantitative estimate of drug-likeness (QED) is 0.608. The average Bonchev–Trinajstić information content (AvgIpc) is 2.66. The molecule has 134 valence electrons. The summed E-state index contributed by atoms with van der Waals surface area (Å²) >= 11 is 12.0. The van der Waals surface area contributed by atoms with E-state index in [1.54, 1.807) is 54.6 Å². The van der Waals surface area contributed by atoms with Gasteiger partial charge < -0.3 is 10.1 Å². The SMILES string of the molecule is N#Cc1ccccc1O[C@@H](C(=O)Nc1cc(Cl)cc(Cl)c1)c1ccccc1. The van der Waals surface area contributed by atoms with Crippen molar-refractivity contribution in [3.63, 3.8) is 0 Å². The second kappa shape index (κ2) is 8.59. The highest BCUT2D eigenvalue weighted by Gasteiger charge is 2.24. The third-order valence-electron chi connectivity index (χ3n) is 3.72. The molecule has 3 aromatic carbocycles. The number of amides is 1. The van der Waals surface area contributed by atoms with Crippen LogP contribution >= 0.6 is 23.2 Å². The molecule has 0 saturated heterocycles. The minimum atomic E-state index is -0.960. The van der Waals surface area contributed by atoms with E-state index in [9.17, 15) is 10.1 Å². The van der Waals surface area contributed by atoms with Gasteiger partial charge in [0.25, 0.3) is 5.91 Å². The standard InChI is InChI=1S/C21H14Cl2N2O2/c22-16-10-17(23)12-18(11-16)25-21(26)20(14-6-2-1-3-7-14)27-19-9-5-4-8-15(19)13-24/h1-12,20H,(H,25,26)/t20-/m1/s1. The lowest BCUT2D eigenvalue weighted by molar-refractivity contribution is -0.123. The number of rotatable bonds is 5. The van der Waals surface area contributed by atoms with Gasteiger partial charge in [-0.1, -0.05) is 65.7 Å². The molecule has 0 aliphatic carbocycles. The third kappa shape index (κ3) is 4.79. The van der Waals surface area contributed by atoms with Crippen LogP contribution in [0.2, 0.25) is 10.0 Å². The van der Waals surface area contributed by atoms with Crippen molar-refractivity contribution in [2.24, 2.45) is 0 Å². The lowest BCUT2D eigenvalue weighted by atomic mass is 10.1. The summed E-state index contributed by atoms with van der Waals surface area (Å²) in [5, 5.41) is 12.9. The van der Waals surface area contributed by atoms with Gasteiger partial charge in [0.15, 0.2) is 0 Å². The van der Waals surface area contributed by atoms with Gasteiger partial charge in [0, 0.05) is 21.3 Å². The van der Waals surface area contributed by atoms with Gasteiger partial charge >= 0.3 is 0 Å². The number of hydrogen-bond donors (Lipinski definition) is 1. The number of hydrogen-bond acceptors (Lipinski definition) is 3. The zero-order valence-corrected chi connectivity index (χ0v) is 15.5. The molecular formula is C21H14Cl2N2O2. The van der Waals surface area contributed by atoms with E-state index in [-0.39, 0.29) is 0 Å². The van der Waals surface area contributed by atoms with E-state index in [0.717, 1.165) is 0 Å². The van der Waals surface area contributed by atoms with E-state index in [2.05, 4.69) is 11.4 Å². The van der Waals surface area contributed by atoms with Crippen molar-refractivity contribution in [2.45, 2.75) is 6.10 Å². The first-order valence-corrected chi connectivity index (χ1v) is 8.80. The van der Waals surface area contributed by atoms with Crippen LogP contribution in [0.3, 0.4) is 0 Å². The smallest absolute Gasteiger partial charge is 0.270 e. The number of nitrogens with one attached hydrogen (secondary N) is 1. The molecule has 0 radical (unpaired) electrons. The Morgan fingerprint density at radius 3 is 2.26 bits per heavy atom. The molecule has 1 atom stereocenters. The van der Waals surface area contributed by atoms with Crippen molar-refractivity contribution in [2.75, 3.05) is 5.32 Å². The Hall–Kier alpha value is -3.00. The van der Waals surface area contributed by atoms with Crippen molar-refractivity contribution in [1.29, 1.82) is 5.26 Å². The van der Waals surface area contributed by atoms with Crippen LogP contribution in [0, 0.1) is 11.3 Å². The number of anilines is 1. The highest BCUT2D eigenvalue weighted by atomic mass is 35.5. The zero-order chi connectivity index (χ0) is 19.2. The predicted molar refractivity (Wildman–Crippen MR) is 106 cm³/mol. The van der Waals surface area contributed by atoms with Crippen LogP contribution in [0.25, 0.3) is 0 Å². The Kier molecular flexibility index (Phi) is 5.97. The highest BCUT2D eigenvalue weighted by Crippen LogP contribution is 2.28. The fourth-order valence-corrected chi connectivity index (χ4v) is 3.05. The minimum absolute atomic E-state index is 0.327. The largest absolute Gasteiger partial charge is 0.474 e.